The molecule has 0 heterocycles. The summed E-state index contributed by atoms with van der Waals surface area (Å²) in [5.74, 6) is 0.487. The first-order chi connectivity index (χ1) is 6.86. The predicted octanol–water partition coefficient (Wildman–Crippen LogP) is 1.30. The molecule has 1 aliphatic carbocycles. The summed E-state index contributed by atoms with van der Waals surface area (Å²) in [6.45, 7) is 0.218. The second-order valence-corrected chi connectivity index (χ2v) is 3.92. The maximum atomic E-state index is 9.25. The summed E-state index contributed by atoms with van der Waals surface area (Å²) in [4.78, 5) is 0. The molecule has 1 aromatic rings. The van der Waals surface area contributed by atoms with Crippen molar-refractivity contribution in [1.82, 2.24) is 5.32 Å². The molecule has 0 radical (unpaired) electrons. The van der Waals surface area contributed by atoms with Crippen LogP contribution in [0.5, 0.6) is 0 Å². The van der Waals surface area contributed by atoms with Gasteiger partial charge in [-0.05, 0) is 31.0 Å². The number of hydrogen-bond donors (Lipinski definition) is 2. The second-order valence-electron chi connectivity index (χ2n) is 3.92. The molecule has 0 aliphatic heterocycles. The zero-order valence-electron chi connectivity index (χ0n) is 8.53. The van der Waals surface area contributed by atoms with E-state index in [0.29, 0.717) is 5.92 Å². The highest BCUT2D eigenvalue weighted by atomic mass is 16.3. The molecule has 2 N–H and O–H groups in total. The first-order valence-electron chi connectivity index (χ1n) is 5.22. The Hall–Kier alpha value is -0.860. The van der Waals surface area contributed by atoms with Crippen molar-refractivity contribution in [2.45, 2.75) is 24.8 Å². The molecule has 2 heteroatoms. The Labute approximate surface area is 85.0 Å². The molecule has 0 saturated carbocycles. The van der Waals surface area contributed by atoms with Crippen LogP contribution in [0.3, 0.4) is 0 Å². The van der Waals surface area contributed by atoms with Crippen LogP contribution in [0.25, 0.3) is 0 Å². The van der Waals surface area contributed by atoms with E-state index in [-0.39, 0.29) is 12.6 Å². The Morgan fingerprint density at radius 2 is 2.29 bits per heavy atom. The monoisotopic (exact) mass is 191 g/mol. The van der Waals surface area contributed by atoms with Gasteiger partial charge in [0.2, 0.25) is 0 Å². The van der Waals surface area contributed by atoms with Crippen molar-refractivity contribution >= 4 is 0 Å². The lowest BCUT2D eigenvalue weighted by atomic mass is 9.94. The van der Waals surface area contributed by atoms with Gasteiger partial charge in [-0.1, -0.05) is 24.3 Å². The van der Waals surface area contributed by atoms with E-state index in [4.69, 9.17) is 0 Å². The third-order valence-corrected chi connectivity index (χ3v) is 3.23. The van der Waals surface area contributed by atoms with Crippen LogP contribution >= 0.6 is 0 Å². The van der Waals surface area contributed by atoms with E-state index in [2.05, 4.69) is 29.6 Å². The van der Waals surface area contributed by atoms with Crippen molar-refractivity contribution in [2.75, 3.05) is 13.7 Å². The number of aliphatic hydroxyl groups is 1. The number of likely N-dealkylation sites (N-methyl/N-ethyl adjacent to an activating group) is 1. The predicted molar refractivity (Wildman–Crippen MR) is 57.4 cm³/mol. The van der Waals surface area contributed by atoms with Crippen LogP contribution in [-0.4, -0.2) is 24.8 Å². The van der Waals surface area contributed by atoms with Crippen molar-refractivity contribution < 1.29 is 5.11 Å². The van der Waals surface area contributed by atoms with Gasteiger partial charge in [0.05, 0.1) is 6.61 Å². The molecule has 2 nitrogen and oxygen atoms in total. The molecule has 0 aromatic heterocycles. The second kappa shape index (κ2) is 4.11. The number of aliphatic hydroxyl groups excluding tert-OH is 1. The normalized spacial score (nSPS) is 22.0. The van der Waals surface area contributed by atoms with Crippen molar-refractivity contribution in [3.63, 3.8) is 0 Å². The van der Waals surface area contributed by atoms with Crippen molar-refractivity contribution in [3.05, 3.63) is 35.4 Å². The van der Waals surface area contributed by atoms with Gasteiger partial charge >= 0.3 is 0 Å². The van der Waals surface area contributed by atoms with Gasteiger partial charge in [-0.2, -0.15) is 0 Å². The van der Waals surface area contributed by atoms with Crippen LogP contribution in [0.15, 0.2) is 24.3 Å². The van der Waals surface area contributed by atoms with Gasteiger partial charge in [-0.25, -0.2) is 0 Å². The quantitative estimate of drug-likeness (QED) is 0.754. The molecule has 1 aromatic carbocycles. The molecule has 2 rings (SSSR count). The first kappa shape index (κ1) is 9.69. The van der Waals surface area contributed by atoms with E-state index in [1.807, 2.05) is 7.05 Å². The minimum absolute atomic E-state index is 0.207. The van der Waals surface area contributed by atoms with Gasteiger partial charge in [0, 0.05) is 12.0 Å². The molecule has 14 heavy (non-hydrogen) atoms. The summed E-state index contributed by atoms with van der Waals surface area (Å²) in [7, 11) is 1.92. The highest BCUT2D eigenvalue weighted by Gasteiger charge is 2.27. The lowest BCUT2D eigenvalue weighted by molar-refractivity contribution is 0.229. The summed E-state index contributed by atoms with van der Waals surface area (Å²) in [6.07, 6.45) is 2.31. The standard InChI is InChI=1S/C12H17NO/c1-13-12(8-14)11-7-6-9-4-2-3-5-10(9)11/h2-5,11-14H,6-8H2,1H3. The van der Waals surface area contributed by atoms with Crippen LogP contribution in [0.2, 0.25) is 0 Å². The Bertz CT molecular complexity index is 307. The Kier molecular flexibility index (Phi) is 2.85. The van der Waals surface area contributed by atoms with Crippen molar-refractivity contribution in [2.24, 2.45) is 0 Å². The lowest BCUT2D eigenvalue weighted by Gasteiger charge is -2.21. The zero-order chi connectivity index (χ0) is 9.97. The van der Waals surface area contributed by atoms with Gasteiger partial charge in [-0.15, -0.1) is 0 Å². The summed E-state index contributed by atoms with van der Waals surface area (Å²) in [5.41, 5.74) is 2.87. The highest BCUT2D eigenvalue weighted by Crippen LogP contribution is 2.34. The Morgan fingerprint density at radius 3 is 3.00 bits per heavy atom. The number of hydrogen-bond acceptors (Lipinski definition) is 2. The highest BCUT2D eigenvalue weighted by molar-refractivity contribution is 5.35. The van der Waals surface area contributed by atoms with Gasteiger partial charge in [0.25, 0.3) is 0 Å². The van der Waals surface area contributed by atoms with E-state index in [0.717, 1.165) is 12.8 Å². The largest absolute Gasteiger partial charge is 0.395 e. The number of benzene rings is 1. The van der Waals surface area contributed by atoms with Gasteiger partial charge in [0.1, 0.15) is 0 Å². The lowest BCUT2D eigenvalue weighted by Crippen LogP contribution is -2.34. The number of aryl methyl sites for hydroxylation is 1. The third-order valence-electron chi connectivity index (χ3n) is 3.23. The topological polar surface area (TPSA) is 32.3 Å². The molecule has 2 atom stereocenters. The van der Waals surface area contributed by atoms with Gasteiger partial charge in [0.15, 0.2) is 0 Å². The first-order valence-corrected chi connectivity index (χ1v) is 5.22. The summed E-state index contributed by atoms with van der Waals surface area (Å²) in [5, 5.41) is 12.4. The molecule has 0 saturated heterocycles. The minimum Gasteiger partial charge on any atom is -0.395 e. The van der Waals surface area contributed by atoms with Crippen molar-refractivity contribution in [1.29, 1.82) is 0 Å². The average molecular weight is 191 g/mol. The fourth-order valence-electron chi connectivity index (χ4n) is 2.43. The maximum Gasteiger partial charge on any atom is 0.0590 e. The molecule has 0 amide bonds. The van der Waals surface area contributed by atoms with Crippen LogP contribution in [0.4, 0.5) is 0 Å². The molecule has 0 fully saturated rings. The molecule has 0 spiro atoms. The van der Waals surface area contributed by atoms with Crippen LogP contribution in [0, 0.1) is 0 Å². The van der Waals surface area contributed by atoms with E-state index in [9.17, 15) is 5.11 Å². The van der Waals surface area contributed by atoms with Crippen LogP contribution in [-0.2, 0) is 6.42 Å². The van der Waals surface area contributed by atoms with Crippen LogP contribution < -0.4 is 5.32 Å². The van der Waals surface area contributed by atoms with E-state index in [1.54, 1.807) is 0 Å². The molecule has 0 bridgehead atoms. The fourth-order valence-corrected chi connectivity index (χ4v) is 2.43. The molecule has 76 valence electrons. The summed E-state index contributed by atoms with van der Waals surface area (Å²) in [6, 6.07) is 8.76. The number of rotatable bonds is 3. The van der Waals surface area contributed by atoms with Gasteiger partial charge < -0.3 is 10.4 Å². The smallest absolute Gasteiger partial charge is 0.0590 e. The molecular weight excluding hydrogens is 174 g/mol. The van der Waals surface area contributed by atoms with Crippen LogP contribution in [0.1, 0.15) is 23.5 Å². The molecule has 2 unspecified atom stereocenters. The molecule has 1 aliphatic rings. The summed E-state index contributed by atoms with van der Waals surface area (Å²) >= 11 is 0. The average Bonchev–Trinajstić information content (AvgIpc) is 2.65. The van der Waals surface area contributed by atoms with E-state index < -0.39 is 0 Å². The van der Waals surface area contributed by atoms with E-state index >= 15 is 0 Å². The number of fused-ring (bicyclic) bond motifs is 1. The summed E-state index contributed by atoms with van der Waals surface area (Å²) < 4.78 is 0. The van der Waals surface area contributed by atoms with Gasteiger partial charge in [-0.3, -0.25) is 0 Å². The fraction of sp³-hybridized carbons (Fsp3) is 0.500. The number of nitrogens with one attached hydrogen (secondary N) is 1. The van der Waals surface area contributed by atoms with Crippen molar-refractivity contribution in [3.8, 4) is 0 Å². The third kappa shape index (κ3) is 1.56. The minimum atomic E-state index is 0.207. The Balaban J connectivity index is 2.25. The van der Waals surface area contributed by atoms with E-state index in [1.165, 1.54) is 11.1 Å². The SMILES string of the molecule is CNC(CO)C1CCc2ccccc21. The molecular formula is C12H17NO. The maximum absolute atomic E-state index is 9.25. The Morgan fingerprint density at radius 1 is 1.50 bits per heavy atom. The zero-order valence-corrected chi connectivity index (χ0v) is 8.53.